The third-order valence-corrected chi connectivity index (χ3v) is 7.36. The molecular formula is C30H23FN4S. The molecule has 6 aromatic rings. The average molecular weight is 491 g/mol. The SMILES string of the molecule is Fc1ccc2sc(NCc3cn(C(c4ccccc4)(c4ccccc4)c4ccccc4)cn3)nc2c1. The molecule has 0 aliphatic rings. The molecule has 4 aromatic carbocycles. The summed E-state index contributed by atoms with van der Waals surface area (Å²) in [7, 11) is 0. The molecule has 6 rings (SSSR count). The molecule has 0 aliphatic carbocycles. The number of benzene rings is 4. The number of imidazole rings is 1. The van der Waals surface area contributed by atoms with Gasteiger partial charge in [-0.15, -0.1) is 0 Å². The molecule has 6 heteroatoms. The number of rotatable bonds is 7. The highest BCUT2D eigenvalue weighted by molar-refractivity contribution is 7.22. The Hall–Kier alpha value is -4.29. The second-order valence-electron chi connectivity index (χ2n) is 8.57. The highest BCUT2D eigenvalue weighted by Crippen LogP contribution is 2.40. The molecule has 0 aliphatic heterocycles. The van der Waals surface area contributed by atoms with Crippen molar-refractivity contribution in [2.45, 2.75) is 12.1 Å². The molecule has 0 radical (unpaired) electrons. The summed E-state index contributed by atoms with van der Waals surface area (Å²) in [6.45, 7) is 0.504. The Bertz CT molecular complexity index is 1500. The predicted octanol–water partition coefficient (Wildman–Crippen LogP) is 7.08. The van der Waals surface area contributed by atoms with Gasteiger partial charge < -0.3 is 9.88 Å². The number of aromatic nitrogens is 3. The van der Waals surface area contributed by atoms with Crippen LogP contribution in [0.4, 0.5) is 9.52 Å². The summed E-state index contributed by atoms with van der Waals surface area (Å²) >= 11 is 1.50. The lowest BCUT2D eigenvalue weighted by Crippen LogP contribution is -2.36. The summed E-state index contributed by atoms with van der Waals surface area (Å²) in [4.78, 5) is 9.28. The minimum Gasteiger partial charge on any atom is -0.356 e. The van der Waals surface area contributed by atoms with Crippen LogP contribution in [0.2, 0.25) is 0 Å². The Labute approximate surface area is 212 Å². The van der Waals surface area contributed by atoms with Crippen LogP contribution in [0.5, 0.6) is 0 Å². The number of thiazole rings is 1. The van der Waals surface area contributed by atoms with Gasteiger partial charge in [-0.25, -0.2) is 14.4 Å². The normalized spacial score (nSPS) is 11.6. The van der Waals surface area contributed by atoms with E-state index in [-0.39, 0.29) is 5.82 Å². The van der Waals surface area contributed by atoms with Crippen molar-refractivity contribution < 1.29 is 4.39 Å². The highest BCUT2D eigenvalue weighted by Gasteiger charge is 2.38. The van der Waals surface area contributed by atoms with Crippen LogP contribution in [-0.4, -0.2) is 14.5 Å². The molecule has 0 unspecified atom stereocenters. The first-order valence-electron chi connectivity index (χ1n) is 11.7. The molecule has 0 fully saturated rings. The first-order chi connectivity index (χ1) is 17.7. The van der Waals surface area contributed by atoms with Gasteiger partial charge in [-0.3, -0.25) is 0 Å². The molecule has 0 amide bonds. The summed E-state index contributed by atoms with van der Waals surface area (Å²) in [5.74, 6) is -0.280. The topological polar surface area (TPSA) is 42.7 Å². The maximum absolute atomic E-state index is 13.6. The van der Waals surface area contributed by atoms with Crippen LogP contribution in [0.3, 0.4) is 0 Å². The van der Waals surface area contributed by atoms with Crippen molar-refractivity contribution in [2.24, 2.45) is 0 Å². The van der Waals surface area contributed by atoms with Gasteiger partial charge in [0, 0.05) is 12.3 Å². The van der Waals surface area contributed by atoms with E-state index < -0.39 is 5.54 Å². The first-order valence-corrected chi connectivity index (χ1v) is 12.5. The minimum absolute atomic E-state index is 0.280. The summed E-state index contributed by atoms with van der Waals surface area (Å²) < 4.78 is 16.7. The summed E-state index contributed by atoms with van der Waals surface area (Å²) in [5.41, 5.74) is 4.38. The van der Waals surface area contributed by atoms with Crippen molar-refractivity contribution in [1.82, 2.24) is 14.5 Å². The molecule has 176 valence electrons. The number of nitrogens with zero attached hydrogens (tertiary/aromatic N) is 3. The second-order valence-corrected chi connectivity index (χ2v) is 9.60. The van der Waals surface area contributed by atoms with E-state index >= 15 is 0 Å². The van der Waals surface area contributed by atoms with E-state index in [1.54, 1.807) is 6.07 Å². The molecule has 36 heavy (non-hydrogen) atoms. The summed E-state index contributed by atoms with van der Waals surface area (Å²) in [6.07, 6.45) is 3.99. The van der Waals surface area contributed by atoms with Gasteiger partial charge in [0.25, 0.3) is 0 Å². The van der Waals surface area contributed by atoms with Crippen LogP contribution < -0.4 is 5.32 Å². The van der Waals surface area contributed by atoms with Gasteiger partial charge in [-0.2, -0.15) is 0 Å². The molecule has 4 nitrogen and oxygen atoms in total. The Morgan fingerprint density at radius 2 is 1.36 bits per heavy atom. The molecule has 1 N–H and O–H groups in total. The van der Waals surface area contributed by atoms with Crippen molar-refractivity contribution in [3.63, 3.8) is 0 Å². The zero-order chi connectivity index (χ0) is 24.4. The number of halogens is 1. The fraction of sp³-hybridized carbons (Fsp3) is 0.0667. The lowest BCUT2D eigenvalue weighted by Gasteiger charge is -2.37. The van der Waals surface area contributed by atoms with Gasteiger partial charge in [0.1, 0.15) is 11.4 Å². The van der Waals surface area contributed by atoms with Gasteiger partial charge in [0.05, 0.1) is 28.8 Å². The Kier molecular flexibility index (Phi) is 5.79. The second kappa shape index (κ2) is 9.40. The van der Waals surface area contributed by atoms with Crippen molar-refractivity contribution in [3.05, 3.63) is 150 Å². The van der Waals surface area contributed by atoms with Crippen molar-refractivity contribution in [2.75, 3.05) is 5.32 Å². The Morgan fingerprint density at radius 3 is 1.94 bits per heavy atom. The maximum Gasteiger partial charge on any atom is 0.184 e. The predicted molar refractivity (Wildman–Crippen MR) is 144 cm³/mol. The monoisotopic (exact) mass is 490 g/mol. The van der Waals surface area contributed by atoms with E-state index in [4.69, 9.17) is 4.98 Å². The maximum atomic E-state index is 13.6. The lowest BCUT2D eigenvalue weighted by molar-refractivity contribution is 0.514. The largest absolute Gasteiger partial charge is 0.356 e. The zero-order valence-corrected chi connectivity index (χ0v) is 20.2. The fourth-order valence-corrected chi connectivity index (χ4v) is 5.61. The number of nitrogens with one attached hydrogen (secondary N) is 1. The highest BCUT2D eigenvalue weighted by atomic mass is 32.1. The van der Waals surface area contributed by atoms with E-state index in [0.29, 0.717) is 12.1 Å². The third kappa shape index (κ3) is 3.95. The number of anilines is 1. The van der Waals surface area contributed by atoms with E-state index in [1.165, 1.54) is 23.5 Å². The van der Waals surface area contributed by atoms with E-state index in [1.807, 2.05) is 24.5 Å². The van der Waals surface area contributed by atoms with Crippen molar-refractivity contribution in [1.29, 1.82) is 0 Å². The van der Waals surface area contributed by atoms with Gasteiger partial charge >= 0.3 is 0 Å². The molecule has 0 saturated heterocycles. The van der Waals surface area contributed by atoms with Crippen LogP contribution in [0.25, 0.3) is 10.2 Å². The number of hydrogen-bond acceptors (Lipinski definition) is 4. The number of hydrogen-bond donors (Lipinski definition) is 1. The molecule has 0 atom stereocenters. The molecule has 0 bridgehead atoms. The van der Waals surface area contributed by atoms with Gasteiger partial charge in [0.2, 0.25) is 0 Å². The van der Waals surface area contributed by atoms with Crippen molar-refractivity contribution >= 4 is 26.7 Å². The van der Waals surface area contributed by atoms with E-state index in [9.17, 15) is 4.39 Å². The lowest BCUT2D eigenvalue weighted by atomic mass is 9.77. The molecular weight excluding hydrogens is 467 g/mol. The molecule has 0 spiro atoms. The van der Waals surface area contributed by atoms with Crippen LogP contribution in [-0.2, 0) is 12.1 Å². The zero-order valence-electron chi connectivity index (χ0n) is 19.4. The van der Waals surface area contributed by atoms with Gasteiger partial charge in [0.15, 0.2) is 5.13 Å². The van der Waals surface area contributed by atoms with Crippen LogP contribution in [0, 0.1) is 5.82 Å². The van der Waals surface area contributed by atoms with E-state index in [2.05, 4.69) is 93.9 Å². The Balaban J connectivity index is 1.42. The van der Waals surface area contributed by atoms with Crippen LogP contribution in [0.1, 0.15) is 22.4 Å². The number of fused-ring (bicyclic) bond motifs is 1. The molecule has 2 aromatic heterocycles. The quantitative estimate of drug-likeness (QED) is 0.243. The minimum atomic E-state index is -0.595. The van der Waals surface area contributed by atoms with Gasteiger partial charge in [-0.05, 0) is 28.8 Å². The standard InChI is InChI=1S/C30H23FN4S/c31-25-16-17-28-27(18-25)34-29(36-28)32-19-26-20-35(21-33-26)30(22-10-4-1-5-11-22,23-12-6-2-7-13-23)24-14-8-3-9-15-24/h1-18,20-21H,19H2,(H,32,34). The third-order valence-electron chi connectivity index (χ3n) is 6.37. The van der Waals surface area contributed by atoms with Crippen molar-refractivity contribution in [3.8, 4) is 0 Å². The fourth-order valence-electron chi connectivity index (χ4n) is 4.77. The van der Waals surface area contributed by atoms with E-state index in [0.717, 1.165) is 32.2 Å². The summed E-state index contributed by atoms with van der Waals surface area (Å²) in [6, 6.07) is 36.2. The first kappa shape index (κ1) is 22.2. The smallest absolute Gasteiger partial charge is 0.184 e. The van der Waals surface area contributed by atoms with Gasteiger partial charge in [-0.1, -0.05) is 102 Å². The molecule has 0 saturated carbocycles. The summed E-state index contributed by atoms with van der Waals surface area (Å²) in [5, 5.41) is 4.10. The average Bonchev–Trinajstić information content (AvgIpc) is 3.57. The van der Waals surface area contributed by atoms with Crippen LogP contribution >= 0.6 is 11.3 Å². The Morgan fingerprint density at radius 1 is 0.778 bits per heavy atom. The van der Waals surface area contributed by atoms with Crippen LogP contribution in [0.15, 0.2) is 122 Å². The molecule has 2 heterocycles.